The van der Waals surface area contributed by atoms with Gasteiger partial charge < -0.3 is 20.3 Å². The lowest BCUT2D eigenvalue weighted by atomic mass is 9.80. The van der Waals surface area contributed by atoms with Gasteiger partial charge in [-0.05, 0) is 26.0 Å². The summed E-state index contributed by atoms with van der Waals surface area (Å²) in [7, 11) is 0. The molecule has 2 aromatic rings. The molecule has 0 saturated carbocycles. The van der Waals surface area contributed by atoms with Crippen LogP contribution in [-0.4, -0.2) is 22.2 Å². The topological polar surface area (TPSA) is 95.9 Å². The van der Waals surface area contributed by atoms with Crippen LogP contribution in [0.1, 0.15) is 30.9 Å². The summed E-state index contributed by atoms with van der Waals surface area (Å²) < 4.78 is 5.95. The van der Waals surface area contributed by atoms with Crippen molar-refractivity contribution >= 4 is 23.5 Å². The largest absolute Gasteiger partial charge is 0.489 e. The van der Waals surface area contributed by atoms with Crippen LogP contribution in [0.5, 0.6) is 5.75 Å². The molecule has 0 unspecified atom stereocenters. The lowest BCUT2D eigenvalue weighted by Gasteiger charge is -2.29. The van der Waals surface area contributed by atoms with Crippen molar-refractivity contribution in [1.29, 1.82) is 0 Å². The molecule has 6 nitrogen and oxygen atoms in total. The number of aliphatic carboxylic acids is 2. The van der Waals surface area contributed by atoms with Crippen LogP contribution < -0.4 is 10.1 Å². The maximum atomic E-state index is 12.0. The van der Waals surface area contributed by atoms with Crippen molar-refractivity contribution < 1.29 is 24.5 Å². The fraction of sp³-hybridized carbons (Fsp3) is 0.182. The number of para-hydroxylation sites is 1. The molecule has 0 saturated heterocycles. The van der Waals surface area contributed by atoms with E-state index < -0.39 is 17.9 Å². The number of benzene rings is 2. The summed E-state index contributed by atoms with van der Waals surface area (Å²) in [6.45, 7) is 3.40. The van der Waals surface area contributed by atoms with Crippen molar-refractivity contribution in [2.75, 3.05) is 0 Å². The normalized spacial score (nSPS) is 14.6. The van der Waals surface area contributed by atoms with Crippen LogP contribution in [0.4, 0.5) is 0 Å². The molecule has 0 radical (unpaired) electrons. The van der Waals surface area contributed by atoms with Gasteiger partial charge in [-0.15, -0.1) is 0 Å². The number of carboxylic acids is 2. The van der Waals surface area contributed by atoms with Crippen molar-refractivity contribution in [3.05, 3.63) is 87.2 Å². The van der Waals surface area contributed by atoms with Gasteiger partial charge in [0.2, 0.25) is 0 Å². The molecule has 0 amide bonds. The maximum Gasteiger partial charge on any atom is 0.334 e. The highest BCUT2D eigenvalue weighted by Crippen LogP contribution is 2.42. The average molecular weight is 414 g/mol. The summed E-state index contributed by atoms with van der Waals surface area (Å²) in [6.07, 6.45) is 0. The summed E-state index contributed by atoms with van der Waals surface area (Å²) in [5.74, 6) is -2.95. The zero-order valence-corrected chi connectivity index (χ0v) is 16.7. The molecule has 3 rings (SSSR count). The van der Waals surface area contributed by atoms with E-state index in [4.69, 9.17) is 16.3 Å². The summed E-state index contributed by atoms with van der Waals surface area (Å²) in [5, 5.41) is 23.0. The van der Waals surface area contributed by atoms with Gasteiger partial charge in [0.15, 0.2) is 0 Å². The van der Waals surface area contributed by atoms with E-state index in [1.54, 1.807) is 44.2 Å². The van der Waals surface area contributed by atoms with E-state index in [1.165, 1.54) is 0 Å². The van der Waals surface area contributed by atoms with Gasteiger partial charge in [-0.3, -0.25) is 0 Å². The fourth-order valence-electron chi connectivity index (χ4n) is 3.49. The number of carboxylic acid groups (broad SMARTS) is 2. The van der Waals surface area contributed by atoms with Gasteiger partial charge in [0.1, 0.15) is 12.4 Å². The Kier molecular flexibility index (Phi) is 5.94. The molecule has 29 heavy (non-hydrogen) atoms. The number of dihydropyridines is 1. The Balaban J connectivity index is 2.07. The summed E-state index contributed by atoms with van der Waals surface area (Å²) in [6, 6.07) is 14.1. The number of carbonyl (C=O) groups is 2. The minimum Gasteiger partial charge on any atom is -0.489 e. The Bertz CT molecular complexity index is 1010. The maximum absolute atomic E-state index is 12.0. The minimum absolute atomic E-state index is 0.0261. The van der Waals surface area contributed by atoms with Gasteiger partial charge in [-0.2, -0.15) is 0 Å². The van der Waals surface area contributed by atoms with E-state index in [9.17, 15) is 19.8 Å². The van der Waals surface area contributed by atoms with Crippen LogP contribution >= 0.6 is 11.6 Å². The highest BCUT2D eigenvalue weighted by Gasteiger charge is 2.37. The van der Waals surface area contributed by atoms with Gasteiger partial charge in [0, 0.05) is 27.5 Å². The molecule has 150 valence electrons. The van der Waals surface area contributed by atoms with Crippen molar-refractivity contribution in [3.63, 3.8) is 0 Å². The van der Waals surface area contributed by atoms with Crippen LogP contribution in [0, 0.1) is 0 Å². The predicted molar refractivity (Wildman–Crippen MR) is 109 cm³/mol. The van der Waals surface area contributed by atoms with Crippen molar-refractivity contribution in [3.8, 4) is 5.75 Å². The second kappa shape index (κ2) is 8.41. The second-order valence-corrected chi connectivity index (χ2v) is 7.07. The molecule has 0 aliphatic carbocycles. The Morgan fingerprint density at radius 3 is 2.10 bits per heavy atom. The third-order valence-corrected chi connectivity index (χ3v) is 5.16. The molecular weight excluding hydrogens is 394 g/mol. The SMILES string of the molecule is CC1=C(C(=O)O)C(c2ccccc2OCc2ccccc2Cl)C(C(=O)O)=C(C)N1. The first-order valence-corrected chi connectivity index (χ1v) is 9.29. The van der Waals surface area contributed by atoms with Crippen LogP contribution in [0.25, 0.3) is 0 Å². The number of hydrogen-bond acceptors (Lipinski definition) is 4. The quantitative estimate of drug-likeness (QED) is 0.652. The van der Waals surface area contributed by atoms with Gasteiger partial charge in [-0.1, -0.05) is 48.0 Å². The van der Waals surface area contributed by atoms with E-state index in [2.05, 4.69) is 5.32 Å². The van der Waals surface area contributed by atoms with E-state index in [0.29, 0.717) is 27.7 Å². The van der Waals surface area contributed by atoms with Crippen LogP contribution in [0.3, 0.4) is 0 Å². The van der Waals surface area contributed by atoms with Crippen molar-refractivity contribution in [2.24, 2.45) is 0 Å². The first kappa shape index (κ1) is 20.5. The van der Waals surface area contributed by atoms with E-state index >= 15 is 0 Å². The first-order valence-electron chi connectivity index (χ1n) is 8.91. The third kappa shape index (κ3) is 4.12. The van der Waals surface area contributed by atoms with Gasteiger partial charge in [0.25, 0.3) is 0 Å². The molecule has 1 heterocycles. The number of rotatable bonds is 6. The van der Waals surface area contributed by atoms with E-state index in [-0.39, 0.29) is 17.8 Å². The molecule has 1 aliphatic heterocycles. The number of ether oxygens (including phenoxy) is 1. The predicted octanol–water partition coefficient (Wildman–Crippen LogP) is 4.32. The molecule has 2 aromatic carbocycles. The molecule has 0 bridgehead atoms. The molecule has 1 aliphatic rings. The molecule has 0 atom stereocenters. The molecule has 3 N–H and O–H groups in total. The highest BCUT2D eigenvalue weighted by atomic mass is 35.5. The van der Waals surface area contributed by atoms with Gasteiger partial charge in [0.05, 0.1) is 17.1 Å². The lowest BCUT2D eigenvalue weighted by molar-refractivity contribution is -0.133. The molecule has 0 spiro atoms. The second-order valence-electron chi connectivity index (χ2n) is 6.66. The highest BCUT2D eigenvalue weighted by molar-refractivity contribution is 6.31. The Morgan fingerprint density at radius 1 is 0.966 bits per heavy atom. The summed E-state index contributed by atoms with van der Waals surface area (Å²) in [4.78, 5) is 24.0. The van der Waals surface area contributed by atoms with Gasteiger partial charge >= 0.3 is 11.9 Å². The Hall–Kier alpha value is -3.25. The standard InChI is InChI=1S/C22H20ClNO5/c1-12-18(21(25)26)20(19(22(27)28)13(2)24-12)15-8-4-6-10-17(15)29-11-14-7-3-5-9-16(14)23/h3-10,20,24H,11H2,1-2H3,(H,25,26)(H,27,28). The monoisotopic (exact) mass is 413 g/mol. The molecule has 0 aromatic heterocycles. The third-order valence-electron chi connectivity index (χ3n) is 4.79. The number of hydrogen-bond donors (Lipinski definition) is 3. The minimum atomic E-state index is -1.19. The van der Waals surface area contributed by atoms with Crippen LogP contribution in [0.2, 0.25) is 5.02 Å². The fourth-order valence-corrected chi connectivity index (χ4v) is 3.68. The zero-order chi connectivity index (χ0) is 21.1. The lowest BCUT2D eigenvalue weighted by Crippen LogP contribution is -2.31. The van der Waals surface area contributed by atoms with E-state index in [0.717, 1.165) is 5.56 Å². The number of nitrogens with one attached hydrogen (secondary N) is 1. The summed E-state index contributed by atoms with van der Waals surface area (Å²) in [5.41, 5.74) is 1.97. The molecule has 7 heteroatoms. The summed E-state index contributed by atoms with van der Waals surface area (Å²) >= 11 is 6.19. The Morgan fingerprint density at radius 2 is 1.52 bits per heavy atom. The zero-order valence-electron chi connectivity index (χ0n) is 15.9. The van der Waals surface area contributed by atoms with Crippen molar-refractivity contribution in [1.82, 2.24) is 5.32 Å². The Labute approximate surface area is 173 Å². The first-order chi connectivity index (χ1) is 13.8. The average Bonchev–Trinajstić information content (AvgIpc) is 2.66. The number of halogens is 1. The van der Waals surface area contributed by atoms with Crippen molar-refractivity contribution in [2.45, 2.75) is 26.4 Å². The van der Waals surface area contributed by atoms with Crippen LogP contribution in [-0.2, 0) is 16.2 Å². The van der Waals surface area contributed by atoms with E-state index in [1.807, 2.05) is 18.2 Å². The smallest absolute Gasteiger partial charge is 0.334 e. The van der Waals surface area contributed by atoms with Crippen LogP contribution in [0.15, 0.2) is 71.1 Å². The molecule has 0 fully saturated rings. The number of allylic oxidation sites excluding steroid dienone is 2. The molecular formula is C22H20ClNO5. The van der Waals surface area contributed by atoms with Gasteiger partial charge in [-0.25, -0.2) is 9.59 Å².